The van der Waals surface area contributed by atoms with E-state index in [0.29, 0.717) is 0 Å². The lowest BCUT2D eigenvalue weighted by atomic mass is 9.97. The third-order valence-corrected chi connectivity index (χ3v) is 3.98. The molecule has 0 aliphatic carbocycles. The Morgan fingerprint density at radius 2 is 1.26 bits per heavy atom. The van der Waals surface area contributed by atoms with Crippen LogP contribution in [0.2, 0.25) is 0 Å². The second kappa shape index (κ2) is 7.63. The maximum atomic E-state index is 9.94. The zero-order valence-corrected chi connectivity index (χ0v) is 12.0. The van der Waals surface area contributed by atoms with Crippen LogP contribution in [-0.2, 0) is 14.2 Å². The van der Waals surface area contributed by atoms with Crippen molar-refractivity contribution in [3.63, 3.8) is 0 Å². The minimum absolute atomic E-state index is 0.667. The van der Waals surface area contributed by atoms with Crippen LogP contribution in [0, 0.1) is 0 Å². The summed E-state index contributed by atoms with van der Waals surface area (Å²) >= 11 is 0. The standard InChI is InChI=1S/C12H22O11/c13-1-3-5(15)6(16)9(19)12(22-3)23-10-4(2-14)21-11(20)8(18)7(10)17/h3-20H,1-2H2/t3-,4-,5?,6?,7-,8-,9-,10?,11?,12+/m1/s1. The summed E-state index contributed by atoms with van der Waals surface area (Å²) in [6, 6.07) is 0. The molecule has 2 rings (SSSR count). The van der Waals surface area contributed by atoms with Crippen LogP contribution in [0.1, 0.15) is 0 Å². The van der Waals surface area contributed by atoms with Crippen LogP contribution in [0.5, 0.6) is 0 Å². The summed E-state index contributed by atoms with van der Waals surface area (Å²) in [6.45, 7) is -1.35. The predicted molar refractivity (Wildman–Crippen MR) is 68.6 cm³/mol. The zero-order chi connectivity index (χ0) is 17.3. The van der Waals surface area contributed by atoms with Gasteiger partial charge in [0.05, 0.1) is 13.2 Å². The Kier molecular flexibility index (Phi) is 6.27. The number of hydrogen-bond acceptors (Lipinski definition) is 11. The Balaban J connectivity index is 2.11. The molecule has 2 aliphatic rings. The summed E-state index contributed by atoms with van der Waals surface area (Å²) in [6.07, 6.45) is -15.6. The maximum Gasteiger partial charge on any atom is 0.187 e. The Labute approximate surface area is 130 Å². The second-order valence-electron chi connectivity index (χ2n) is 5.53. The van der Waals surface area contributed by atoms with Crippen LogP contribution in [0.25, 0.3) is 0 Å². The van der Waals surface area contributed by atoms with Gasteiger partial charge in [0.15, 0.2) is 12.6 Å². The van der Waals surface area contributed by atoms with E-state index < -0.39 is 74.6 Å². The number of aliphatic hydroxyl groups excluding tert-OH is 8. The number of hydrogen-bond donors (Lipinski definition) is 8. The van der Waals surface area contributed by atoms with Crippen LogP contribution < -0.4 is 0 Å². The Morgan fingerprint density at radius 1 is 0.652 bits per heavy atom. The lowest BCUT2D eigenvalue weighted by Gasteiger charge is -2.45. The Hall–Kier alpha value is -0.440. The molecule has 11 nitrogen and oxygen atoms in total. The van der Waals surface area contributed by atoms with E-state index in [1.165, 1.54) is 0 Å². The molecule has 0 amide bonds. The van der Waals surface area contributed by atoms with Crippen LogP contribution >= 0.6 is 0 Å². The van der Waals surface area contributed by atoms with Crippen molar-refractivity contribution in [1.29, 1.82) is 0 Å². The molecule has 0 aromatic rings. The molecular weight excluding hydrogens is 320 g/mol. The van der Waals surface area contributed by atoms with Gasteiger partial charge in [0, 0.05) is 0 Å². The van der Waals surface area contributed by atoms with E-state index in [2.05, 4.69) is 0 Å². The lowest BCUT2D eigenvalue weighted by molar-refractivity contribution is -0.355. The van der Waals surface area contributed by atoms with Crippen molar-refractivity contribution in [2.75, 3.05) is 13.2 Å². The topological polar surface area (TPSA) is 190 Å². The van der Waals surface area contributed by atoms with Crippen molar-refractivity contribution in [3.05, 3.63) is 0 Å². The van der Waals surface area contributed by atoms with E-state index in [1.54, 1.807) is 0 Å². The smallest absolute Gasteiger partial charge is 0.187 e. The molecule has 0 saturated carbocycles. The van der Waals surface area contributed by atoms with Crippen LogP contribution in [0.3, 0.4) is 0 Å². The van der Waals surface area contributed by atoms with Crippen molar-refractivity contribution in [1.82, 2.24) is 0 Å². The average molecular weight is 342 g/mol. The molecule has 0 aromatic carbocycles. The number of ether oxygens (including phenoxy) is 3. The van der Waals surface area contributed by atoms with Crippen LogP contribution in [0.15, 0.2) is 0 Å². The third kappa shape index (κ3) is 3.65. The van der Waals surface area contributed by atoms with E-state index in [1.807, 2.05) is 0 Å². The average Bonchev–Trinajstić information content (AvgIpc) is 2.55. The highest BCUT2D eigenvalue weighted by Crippen LogP contribution is 2.28. The van der Waals surface area contributed by atoms with Gasteiger partial charge in [-0.25, -0.2) is 0 Å². The molecule has 23 heavy (non-hydrogen) atoms. The summed E-state index contributed by atoms with van der Waals surface area (Å²) in [5.41, 5.74) is 0. The van der Waals surface area contributed by atoms with Crippen molar-refractivity contribution in [2.45, 2.75) is 61.4 Å². The normalized spacial score (nSPS) is 51.7. The molecule has 4 unspecified atom stereocenters. The van der Waals surface area contributed by atoms with Gasteiger partial charge in [-0.15, -0.1) is 0 Å². The zero-order valence-electron chi connectivity index (χ0n) is 12.0. The van der Waals surface area contributed by atoms with E-state index in [4.69, 9.17) is 19.3 Å². The highest BCUT2D eigenvalue weighted by molar-refractivity contribution is 4.93. The van der Waals surface area contributed by atoms with Gasteiger partial charge in [-0.3, -0.25) is 0 Å². The van der Waals surface area contributed by atoms with E-state index in [-0.39, 0.29) is 0 Å². The molecule has 2 aliphatic heterocycles. The molecule has 0 aromatic heterocycles. The fourth-order valence-electron chi connectivity index (χ4n) is 2.57. The quantitative estimate of drug-likeness (QED) is 0.243. The second-order valence-corrected chi connectivity index (χ2v) is 5.53. The van der Waals surface area contributed by atoms with Gasteiger partial charge < -0.3 is 55.1 Å². The molecule has 0 bridgehead atoms. The van der Waals surface area contributed by atoms with Gasteiger partial charge in [0.1, 0.15) is 48.8 Å². The summed E-state index contributed by atoms with van der Waals surface area (Å²) < 4.78 is 15.3. The number of rotatable bonds is 4. The first-order valence-electron chi connectivity index (χ1n) is 7.08. The van der Waals surface area contributed by atoms with Crippen molar-refractivity contribution >= 4 is 0 Å². The summed E-state index contributed by atoms with van der Waals surface area (Å²) in [5, 5.41) is 76.5. The molecule has 2 fully saturated rings. The third-order valence-electron chi connectivity index (χ3n) is 3.98. The van der Waals surface area contributed by atoms with Crippen molar-refractivity contribution in [2.24, 2.45) is 0 Å². The lowest BCUT2D eigenvalue weighted by Crippen LogP contribution is -2.64. The highest BCUT2D eigenvalue weighted by Gasteiger charge is 2.50. The molecule has 0 radical (unpaired) electrons. The molecule has 0 spiro atoms. The maximum absolute atomic E-state index is 9.94. The van der Waals surface area contributed by atoms with E-state index in [0.717, 1.165) is 0 Å². The van der Waals surface area contributed by atoms with Gasteiger partial charge in [-0.2, -0.15) is 0 Å². The molecule has 10 atom stereocenters. The van der Waals surface area contributed by atoms with E-state index in [9.17, 15) is 35.7 Å². The minimum atomic E-state index is -1.74. The van der Waals surface area contributed by atoms with Gasteiger partial charge in [-0.1, -0.05) is 0 Å². The Morgan fingerprint density at radius 3 is 1.83 bits per heavy atom. The summed E-state index contributed by atoms with van der Waals surface area (Å²) in [4.78, 5) is 0. The summed E-state index contributed by atoms with van der Waals surface area (Å²) in [5.74, 6) is 0. The fraction of sp³-hybridized carbons (Fsp3) is 1.00. The van der Waals surface area contributed by atoms with Crippen molar-refractivity contribution < 1.29 is 55.1 Å². The molecule has 8 N–H and O–H groups in total. The minimum Gasteiger partial charge on any atom is -0.394 e. The Bertz CT molecular complexity index is 378. The van der Waals surface area contributed by atoms with E-state index >= 15 is 0 Å². The first-order valence-corrected chi connectivity index (χ1v) is 7.08. The molecule has 11 heteroatoms. The first-order chi connectivity index (χ1) is 10.8. The predicted octanol–water partition coefficient (Wildman–Crippen LogP) is -5.40. The fourth-order valence-corrected chi connectivity index (χ4v) is 2.57. The van der Waals surface area contributed by atoms with Gasteiger partial charge in [0.2, 0.25) is 0 Å². The van der Waals surface area contributed by atoms with Gasteiger partial charge >= 0.3 is 0 Å². The summed E-state index contributed by atoms with van der Waals surface area (Å²) in [7, 11) is 0. The highest BCUT2D eigenvalue weighted by atomic mass is 16.7. The monoisotopic (exact) mass is 342 g/mol. The van der Waals surface area contributed by atoms with Crippen LogP contribution in [0.4, 0.5) is 0 Å². The molecular formula is C12H22O11. The SMILES string of the molecule is OC[C@H]1O[C@@H](OC2[C@@H](CO)OC(O)[C@H](O)[C@H]2O)[C@H](O)C(O)C1O. The molecule has 136 valence electrons. The molecule has 2 saturated heterocycles. The number of aliphatic hydroxyl groups is 8. The van der Waals surface area contributed by atoms with Gasteiger partial charge in [-0.05, 0) is 0 Å². The van der Waals surface area contributed by atoms with Crippen LogP contribution in [-0.4, -0.2) is 115 Å². The molecule has 2 heterocycles. The van der Waals surface area contributed by atoms with Gasteiger partial charge in [0.25, 0.3) is 0 Å². The first kappa shape index (κ1) is 18.9. The largest absolute Gasteiger partial charge is 0.394 e. The van der Waals surface area contributed by atoms with Crippen molar-refractivity contribution in [3.8, 4) is 0 Å².